The van der Waals surface area contributed by atoms with Crippen molar-refractivity contribution in [3.8, 4) is 6.07 Å². The second kappa shape index (κ2) is 4.36. The van der Waals surface area contributed by atoms with Gasteiger partial charge in [0.2, 0.25) is 0 Å². The Morgan fingerprint density at radius 2 is 2.29 bits per heavy atom. The van der Waals surface area contributed by atoms with Crippen molar-refractivity contribution in [2.24, 2.45) is 0 Å². The second-order valence-corrected chi connectivity index (χ2v) is 3.56. The molecule has 0 amide bonds. The van der Waals surface area contributed by atoms with Crippen LogP contribution in [0.3, 0.4) is 0 Å². The number of hydrogen-bond acceptors (Lipinski definition) is 3. The molecule has 3 nitrogen and oxygen atoms in total. The van der Waals surface area contributed by atoms with Crippen molar-refractivity contribution in [1.29, 1.82) is 5.26 Å². The first-order valence-electron chi connectivity index (χ1n) is 3.68. The van der Waals surface area contributed by atoms with Crippen molar-refractivity contribution in [2.75, 3.05) is 0 Å². The van der Waals surface area contributed by atoms with E-state index >= 15 is 0 Å². The largest absolute Gasteiger partial charge is 0.481 e. The second-order valence-electron chi connectivity index (χ2n) is 2.64. The minimum atomic E-state index is -1.00. The number of rotatable bonds is 2. The minimum Gasteiger partial charge on any atom is -0.481 e. The van der Waals surface area contributed by atoms with Crippen LogP contribution in [-0.2, 0) is 11.2 Å². The first kappa shape index (κ1) is 10.9. The smallest absolute Gasteiger partial charge is 0.307 e. The lowest BCUT2D eigenvalue weighted by Gasteiger charge is -2.04. The average molecular weight is 228 g/mol. The normalized spacial score (nSPS) is 9.50. The van der Waals surface area contributed by atoms with Crippen molar-refractivity contribution in [3.63, 3.8) is 0 Å². The van der Waals surface area contributed by atoms with Gasteiger partial charge in [0.1, 0.15) is 6.07 Å². The predicted molar refractivity (Wildman–Crippen MR) is 54.8 cm³/mol. The quantitative estimate of drug-likeness (QED) is 0.761. The topological polar surface area (TPSA) is 61.1 Å². The van der Waals surface area contributed by atoms with Crippen LogP contribution in [0.1, 0.15) is 11.1 Å². The number of aliphatic carboxylic acids is 1. The molecule has 0 atom stereocenters. The van der Waals surface area contributed by atoms with Crippen molar-refractivity contribution < 1.29 is 9.90 Å². The number of nitrogens with zero attached hydrogens (tertiary/aromatic N) is 1. The van der Waals surface area contributed by atoms with Gasteiger partial charge >= 0.3 is 5.97 Å². The van der Waals surface area contributed by atoms with Crippen molar-refractivity contribution in [2.45, 2.75) is 11.3 Å². The predicted octanol–water partition coefficient (Wildman–Crippen LogP) is 2.13. The molecule has 0 aromatic heterocycles. The average Bonchev–Trinajstić information content (AvgIpc) is 2.01. The van der Waals surface area contributed by atoms with Gasteiger partial charge in [-0.25, -0.2) is 0 Å². The fourth-order valence-corrected chi connectivity index (χ4v) is 1.73. The number of carboxylic acids is 1. The maximum absolute atomic E-state index is 10.5. The molecule has 1 aromatic carbocycles. The summed E-state index contributed by atoms with van der Waals surface area (Å²) in [5, 5.41) is 17.7. The van der Waals surface area contributed by atoms with Gasteiger partial charge in [-0.1, -0.05) is 11.6 Å². The monoisotopic (exact) mass is 227 g/mol. The van der Waals surface area contributed by atoms with Gasteiger partial charge in [0.05, 0.1) is 12.0 Å². The number of hydrogen-bond donors (Lipinski definition) is 2. The molecular formula is C9H6ClNO2S. The van der Waals surface area contributed by atoms with E-state index in [2.05, 4.69) is 12.6 Å². The third kappa shape index (κ3) is 2.41. The zero-order valence-corrected chi connectivity index (χ0v) is 8.64. The molecule has 0 saturated heterocycles. The van der Waals surface area contributed by atoms with Gasteiger partial charge < -0.3 is 5.11 Å². The number of benzene rings is 1. The zero-order valence-electron chi connectivity index (χ0n) is 6.99. The first-order chi connectivity index (χ1) is 6.54. The van der Waals surface area contributed by atoms with E-state index < -0.39 is 5.97 Å². The molecule has 14 heavy (non-hydrogen) atoms. The SMILES string of the molecule is N#Cc1c(S)cc(Cl)cc1CC(=O)O. The van der Waals surface area contributed by atoms with Crippen LogP contribution in [0.25, 0.3) is 0 Å². The molecule has 0 aliphatic heterocycles. The molecular weight excluding hydrogens is 222 g/mol. The molecule has 0 fully saturated rings. The molecule has 0 aliphatic rings. The Balaban J connectivity index is 3.26. The summed E-state index contributed by atoms with van der Waals surface area (Å²) in [5.41, 5.74) is 0.651. The van der Waals surface area contributed by atoms with Crippen LogP contribution in [0.4, 0.5) is 0 Å². The van der Waals surface area contributed by atoms with Gasteiger partial charge in [-0.3, -0.25) is 4.79 Å². The third-order valence-electron chi connectivity index (χ3n) is 1.62. The zero-order chi connectivity index (χ0) is 10.7. The molecule has 0 radical (unpaired) electrons. The van der Waals surface area contributed by atoms with E-state index in [9.17, 15) is 4.79 Å². The van der Waals surface area contributed by atoms with E-state index in [1.54, 1.807) is 0 Å². The maximum Gasteiger partial charge on any atom is 0.307 e. The van der Waals surface area contributed by atoms with Gasteiger partial charge in [0.15, 0.2) is 0 Å². The van der Waals surface area contributed by atoms with E-state index in [-0.39, 0.29) is 12.0 Å². The van der Waals surface area contributed by atoms with Gasteiger partial charge in [-0.05, 0) is 17.7 Å². The molecule has 0 saturated carbocycles. The lowest BCUT2D eigenvalue weighted by molar-refractivity contribution is -0.136. The maximum atomic E-state index is 10.5. The van der Waals surface area contributed by atoms with E-state index in [1.807, 2.05) is 6.07 Å². The van der Waals surface area contributed by atoms with Crippen LogP contribution < -0.4 is 0 Å². The van der Waals surface area contributed by atoms with Crippen LogP contribution in [0.15, 0.2) is 17.0 Å². The van der Waals surface area contributed by atoms with Gasteiger partial charge in [0, 0.05) is 9.92 Å². The van der Waals surface area contributed by atoms with E-state index in [4.69, 9.17) is 22.0 Å². The number of halogens is 1. The molecule has 0 heterocycles. The van der Waals surface area contributed by atoms with Crippen LogP contribution in [-0.4, -0.2) is 11.1 Å². The number of thiol groups is 1. The highest BCUT2D eigenvalue weighted by Crippen LogP contribution is 2.23. The Labute approximate surface area is 91.3 Å². The molecule has 0 bridgehead atoms. The number of carbonyl (C=O) groups is 1. The van der Waals surface area contributed by atoms with Crippen molar-refractivity contribution >= 4 is 30.2 Å². The fourth-order valence-electron chi connectivity index (χ4n) is 1.08. The van der Waals surface area contributed by atoms with Crippen LogP contribution >= 0.6 is 24.2 Å². The fraction of sp³-hybridized carbons (Fsp3) is 0.111. The van der Waals surface area contributed by atoms with Crippen LogP contribution in [0, 0.1) is 11.3 Å². The summed E-state index contributed by atoms with van der Waals surface area (Å²) in [7, 11) is 0. The molecule has 0 unspecified atom stereocenters. The Hall–Kier alpha value is -1.18. The summed E-state index contributed by atoms with van der Waals surface area (Å²) < 4.78 is 0. The van der Waals surface area contributed by atoms with E-state index in [0.717, 1.165) is 0 Å². The molecule has 1 aromatic rings. The summed E-state index contributed by atoms with van der Waals surface area (Å²) in [4.78, 5) is 10.9. The highest BCUT2D eigenvalue weighted by Gasteiger charge is 2.10. The lowest BCUT2D eigenvalue weighted by atomic mass is 10.1. The molecule has 1 rings (SSSR count). The lowest BCUT2D eigenvalue weighted by Crippen LogP contribution is -2.02. The first-order valence-corrected chi connectivity index (χ1v) is 4.50. The van der Waals surface area contributed by atoms with Crippen molar-refractivity contribution in [1.82, 2.24) is 0 Å². The number of nitriles is 1. The summed E-state index contributed by atoms with van der Waals surface area (Å²) >= 11 is 9.75. The van der Waals surface area contributed by atoms with Gasteiger partial charge in [0.25, 0.3) is 0 Å². The van der Waals surface area contributed by atoms with Gasteiger partial charge in [-0.2, -0.15) is 5.26 Å². The highest BCUT2D eigenvalue weighted by molar-refractivity contribution is 7.80. The summed E-state index contributed by atoms with van der Waals surface area (Å²) in [6.07, 6.45) is -0.225. The molecule has 5 heteroatoms. The Kier molecular flexibility index (Phi) is 3.39. The summed E-state index contributed by atoms with van der Waals surface area (Å²) in [6.45, 7) is 0. The summed E-state index contributed by atoms with van der Waals surface area (Å²) in [6, 6.07) is 4.87. The summed E-state index contributed by atoms with van der Waals surface area (Å²) in [5.74, 6) is -1.00. The van der Waals surface area contributed by atoms with Gasteiger partial charge in [-0.15, -0.1) is 12.6 Å². The van der Waals surface area contributed by atoms with Crippen molar-refractivity contribution in [3.05, 3.63) is 28.3 Å². The Morgan fingerprint density at radius 1 is 1.64 bits per heavy atom. The Morgan fingerprint density at radius 3 is 2.79 bits per heavy atom. The standard InChI is InChI=1S/C9H6ClNO2S/c10-6-1-5(2-9(12)13)7(4-11)8(14)3-6/h1,3,14H,2H2,(H,12,13). The molecule has 0 spiro atoms. The van der Waals surface area contributed by atoms with Crippen LogP contribution in [0.2, 0.25) is 5.02 Å². The third-order valence-corrected chi connectivity index (χ3v) is 2.19. The minimum absolute atomic E-state index is 0.225. The Bertz CT molecular complexity index is 426. The molecule has 0 aliphatic carbocycles. The molecule has 72 valence electrons. The highest BCUT2D eigenvalue weighted by atomic mass is 35.5. The molecule has 1 N–H and O–H groups in total. The van der Waals surface area contributed by atoms with Crippen LogP contribution in [0.5, 0.6) is 0 Å². The number of carboxylic acid groups (broad SMARTS) is 1. The van der Waals surface area contributed by atoms with E-state index in [1.165, 1.54) is 12.1 Å². The van der Waals surface area contributed by atoms with E-state index in [0.29, 0.717) is 15.5 Å².